The number of hydrogen-bond donors (Lipinski definition) is 2. The van der Waals surface area contributed by atoms with Crippen LogP contribution in [-0.2, 0) is 0 Å². The number of rotatable bonds is 2. The summed E-state index contributed by atoms with van der Waals surface area (Å²) in [5.41, 5.74) is 1.43. The van der Waals surface area contributed by atoms with Gasteiger partial charge in [-0.15, -0.1) is 0 Å². The first-order chi connectivity index (χ1) is 9.34. The maximum Gasteiger partial charge on any atom is 0.253 e. The van der Waals surface area contributed by atoms with Crippen LogP contribution in [0, 0.1) is 0 Å². The number of amides is 1. The largest absolute Gasteiger partial charge is 0.348 e. The highest BCUT2D eigenvalue weighted by atomic mass is 16.1. The molecule has 0 unspecified atom stereocenters. The van der Waals surface area contributed by atoms with Crippen LogP contribution in [0.25, 0.3) is 10.9 Å². The van der Waals surface area contributed by atoms with Crippen LogP contribution in [0.3, 0.4) is 0 Å². The summed E-state index contributed by atoms with van der Waals surface area (Å²) in [5, 5.41) is 7.38. The average molecular weight is 255 g/mol. The summed E-state index contributed by atoms with van der Waals surface area (Å²) in [4.78, 5) is 16.7. The van der Waals surface area contributed by atoms with E-state index in [4.69, 9.17) is 0 Å². The summed E-state index contributed by atoms with van der Waals surface area (Å²) < 4.78 is 0. The number of piperidine rings is 1. The Morgan fingerprint density at radius 2 is 2.21 bits per heavy atom. The molecule has 2 aromatic rings. The van der Waals surface area contributed by atoms with Crippen LogP contribution in [0.5, 0.6) is 0 Å². The van der Waals surface area contributed by atoms with Crippen LogP contribution in [0.1, 0.15) is 23.2 Å². The van der Waals surface area contributed by atoms with Gasteiger partial charge in [-0.2, -0.15) is 0 Å². The number of benzene rings is 1. The molecule has 1 saturated heterocycles. The summed E-state index contributed by atoms with van der Waals surface area (Å²) >= 11 is 0. The van der Waals surface area contributed by atoms with Gasteiger partial charge in [0.05, 0.1) is 11.1 Å². The third-order valence-electron chi connectivity index (χ3n) is 3.51. The smallest absolute Gasteiger partial charge is 0.253 e. The Morgan fingerprint density at radius 3 is 3.05 bits per heavy atom. The summed E-state index contributed by atoms with van der Waals surface area (Å²) in [7, 11) is 0. The predicted molar refractivity (Wildman–Crippen MR) is 75.1 cm³/mol. The van der Waals surface area contributed by atoms with Crippen LogP contribution in [0.2, 0.25) is 0 Å². The van der Waals surface area contributed by atoms with E-state index in [1.54, 1.807) is 6.20 Å². The van der Waals surface area contributed by atoms with E-state index in [1.807, 2.05) is 30.3 Å². The van der Waals surface area contributed by atoms with Gasteiger partial charge in [0, 0.05) is 24.2 Å². The van der Waals surface area contributed by atoms with Gasteiger partial charge in [0.25, 0.3) is 5.91 Å². The molecule has 3 rings (SSSR count). The van der Waals surface area contributed by atoms with Crippen LogP contribution in [0.15, 0.2) is 36.5 Å². The van der Waals surface area contributed by atoms with Crippen molar-refractivity contribution in [2.45, 2.75) is 18.9 Å². The molecule has 2 heterocycles. The fraction of sp³-hybridized carbons (Fsp3) is 0.333. The molecule has 4 nitrogen and oxygen atoms in total. The Kier molecular flexibility index (Phi) is 3.42. The Morgan fingerprint density at radius 1 is 1.32 bits per heavy atom. The van der Waals surface area contributed by atoms with Crippen molar-refractivity contribution < 1.29 is 4.79 Å². The molecule has 1 aliphatic heterocycles. The van der Waals surface area contributed by atoms with Gasteiger partial charge in [0.15, 0.2) is 0 Å². The van der Waals surface area contributed by atoms with E-state index in [9.17, 15) is 4.79 Å². The maximum atomic E-state index is 12.3. The lowest BCUT2D eigenvalue weighted by Crippen LogP contribution is -2.45. The minimum Gasteiger partial charge on any atom is -0.348 e. The highest BCUT2D eigenvalue weighted by Gasteiger charge is 2.17. The number of carbonyl (C=O) groups is 1. The highest BCUT2D eigenvalue weighted by Crippen LogP contribution is 2.16. The summed E-state index contributed by atoms with van der Waals surface area (Å²) in [6.07, 6.45) is 3.87. The number of fused-ring (bicyclic) bond motifs is 1. The topological polar surface area (TPSA) is 54.0 Å². The molecule has 1 fully saturated rings. The molecular formula is C15H17N3O. The van der Waals surface area contributed by atoms with Crippen molar-refractivity contribution in [3.05, 3.63) is 42.1 Å². The quantitative estimate of drug-likeness (QED) is 0.859. The van der Waals surface area contributed by atoms with Crippen LogP contribution >= 0.6 is 0 Å². The number of pyridine rings is 1. The Labute approximate surface area is 112 Å². The van der Waals surface area contributed by atoms with Crippen molar-refractivity contribution >= 4 is 16.8 Å². The van der Waals surface area contributed by atoms with Crippen molar-refractivity contribution in [3.8, 4) is 0 Å². The average Bonchev–Trinajstić information content (AvgIpc) is 2.47. The van der Waals surface area contributed by atoms with Crippen molar-refractivity contribution in [2.24, 2.45) is 0 Å². The Balaban J connectivity index is 1.85. The summed E-state index contributed by atoms with van der Waals surface area (Å²) in [5.74, 6) is -0.0296. The molecule has 4 heteroatoms. The fourth-order valence-corrected chi connectivity index (χ4v) is 2.53. The number of nitrogens with zero attached hydrogens (tertiary/aromatic N) is 1. The molecule has 1 aliphatic rings. The lowest BCUT2D eigenvalue weighted by molar-refractivity contribution is 0.0932. The molecule has 1 aromatic heterocycles. The van der Waals surface area contributed by atoms with Gasteiger partial charge in [-0.1, -0.05) is 18.2 Å². The SMILES string of the molecule is O=C(N[C@@H]1CCCNC1)c1cccc2cccnc12. The number of carbonyl (C=O) groups excluding carboxylic acids is 1. The van der Waals surface area contributed by atoms with E-state index in [0.717, 1.165) is 36.8 Å². The number of nitrogens with one attached hydrogen (secondary N) is 2. The van der Waals surface area contributed by atoms with Crippen molar-refractivity contribution in [3.63, 3.8) is 0 Å². The maximum absolute atomic E-state index is 12.3. The van der Waals surface area contributed by atoms with E-state index >= 15 is 0 Å². The third kappa shape index (κ3) is 2.58. The van der Waals surface area contributed by atoms with Crippen molar-refractivity contribution in [1.29, 1.82) is 0 Å². The Hall–Kier alpha value is -1.94. The van der Waals surface area contributed by atoms with Crippen molar-refractivity contribution in [1.82, 2.24) is 15.6 Å². The molecule has 0 bridgehead atoms. The number of aromatic nitrogens is 1. The van der Waals surface area contributed by atoms with E-state index in [1.165, 1.54) is 0 Å². The lowest BCUT2D eigenvalue weighted by Gasteiger charge is -2.23. The summed E-state index contributed by atoms with van der Waals surface area (Å²) in [6.45, 7) is 1.89. The fourth-order valence-electron chi connectivity index (χ4n) is 2.53. The highest BCUT2D eigenvalue weighted by molar-refractivity contribution is 6.05. The standard InChI is InChI=1S/C15H17N3O/c19-15(18-12-6-3-8-16-10-12)13-7-1-4-11-5-2-9-17-14(11)13/h1-2,4-5,7,9,12,16H,3,6,8,10H2,(H,18,19)/t12-/m1/s1. The molecule has 1 amide bonds. The molecule has 1 aromatic carbocycles. The molecule has 19 heavy (non-hydrogen) atoms. The minimum absolute atomic E-state index is 0.0296. The molecule has 98 valence electrons. The van der Waals surface area contributed by atoms with Crippen LogP contribution < -0.4 is 10.6 Å². The number of hydrogen-bond acceptors (Lipinski definition) is 3. The van der Waals surface area contributed by atoms with Crippen LogP contribution in [0.4, 0.5) is 0 Å². The van der Waals surface area contributed by atoms with Gasteiger partial charge in [0.2, 0.25) is 0 Å². The van der Waals surface area contributed by atoms with E-state index in [2.05, 4.69) is 15.6 Å². The van der Waals surface area contributed by atoms with E-state index < -0.39 is 0 Å². The first-order valence-corrected chi connectivity index (χ1v) is 6.70. The zero-order valence-electron chi connectivity index (χ0n) is 10.7. The van der Waals surface area contributed by atoms with E-state index in [-0.39, 0.29) is 11.9 Å². The molecule has 0 radical (unpaired) electrons. The molecule has 0 spiro atoms. The zero-order valence-corrected chi connectivity index (χ0v) is 10.7. The molecule has 2 N–H and O–H groups in total. The second kappa shape index (κ2) is 5.36. The predicted octanol–water partition coefficient (Wildman–Crippen LogP) is 1.72. The zero-order chi connectivity index (χ0) is 13.1. The Bertz CT molecular complexity index is 585. The lowest BCUT2D eigenvalue weighted by atomic mass is 10.1. The van der Waals surface area contributed by atoms with Gasteiger partial charge < -0.3 is 10.6 Å². The first-order valence-electron chi connectivity index (χ1n) is 6.70. The third-order valence-corrected chi connectivity index (χ3v) is 3.51. The van der Waals surface area contributed by atoms with Crippen molar-refractivity contribution in [2.75, 3.05) is 13.1 Å². The van der Waals surface area contributed by atoms with Gasteiger partial charge in [-0.05, 0) is 31.5 Å². The second-order valence-electron chi connectivity index (χ2n) is 4.90. The van der Waals surface area contributed by atoms with Gasteiger partial charge >= 0.3 is 0 Å². The second-order valence-corrected chi connectivity index (χ2v) is 4.90. The molecule has 1 atom stereocenters. The summed E-state index contributed by atoms with van der Waals surface area (Å²) in [6, 6.07) is 9.79. The minimum atomic E-state index is -0.0296. The van der Waals surface area contributed by atoms with Gasteiger partial charge in [0.1, 0.15) is 0 Å². The molecule has 0 saturated carbocycles. The molecular weight excluding hydrogens is 238 g/mol. The number of para-hydroxylation sites is 1. The normalized spacial score (nSPS) is 19.3. The van der Waals surface area contributed by atoms with Crippen LogP contribution in [-0.4, -0.2) is 30.0 Å². The van der Waals surface area contributed by atoms with Gasteiger partial charge in [-0.3, -0.25) is 9.78 Å². The molecule has 0 aliphatic carbocycles. The monoisotopic (exact) mass is 255 g/mol. The van der Waals surface area contributed by atoms with Gasteiger partial charge in [-0.25, -0.2) is 0 Å². The first kappa shape index (κ1) is 12.1. The van der Waals surface area contributed by atoms with E-state index in [0.29, 0.717) is 5.56 Å².